The molecule has 0 aliphatic carbocycles. The molecule has 0 radical (unpaired) electrons. The molecule has 0 amide bonds. The second kappa shape index (κ2) is 5.89. The van der Waals surface area contributed by atoms with E-state index in [9.17, 15) is 0 Å². The molecule has 2 unspecified atom stereocenters. The third-order valence-electron chi connectivity index (χ3n) is 2.90. The summed E-state index contributed by atoms with van der Waals surface area (Å²) in [6, 6.07) is 2.09. The van der Waals surface area contributed by atoms with Gasteiger partial charge >= 0.3 is 0 Å². The Morgan fingerprint density at radius 2 is 2.41 bits per heavy atom. The normalized spacial score (nSPS) is 21.5. The average molecular weight is 274 g/mol. The number of hydrogen-bond donors (Lipinski definition) is 1. The summed E-state index contributed by atoms with van der Waals surface area (Å²) >= 11 is 7.43. The van der Waals surface area contributed by atoms with Crippen LogP contribution in [0.1, 0.15) is 13.3 Å². The fourth-order valence-electron chi connectivity index (χ4n) is 1.86. The molecule has 94 valence electrons. The zero-order valence-electron chi connectivity index (χ0n) is 9.94. The van der Waals surface area contributed by atoms with Crippen LogP contribution in [0.2, 0.25) is 5.15 Å². The Hall–Kier alpha value is -0.520. The van der Waals surface area contributed by atoms with Crippen molar-refractivity contribution in [2.75, 3.05) is 24.8 Å². The van der Waals surface area contributed by atoms with Gasteiger partial charge in [-0.2, -0.15) is 0 Å². The highest BCUT2D eigenvalue weighted by molar-refractivity contribution is 7.98. The molecule has 6 heteroatoms. The van der Waals surface area contributed by atoms with Gasteiger partial charge in [0.2, 0.25) is 0 Å². The first-order valence-corrected chi connectivity index (χ1v) is 7.22. The van der Waals surface area contributed by atoms with Gasteiger partial charge < -0.3 is 10.1 Å². The lowest BCUT2D eigenvalue weighted by Gasteiger charge is -2.19. The molecular weight excluding hydrogens is 258 g/mol. The highest BCUT2D eigenvalue weighted by atomic mass is 35.5. The molecule has 2 atom stereocenters. The number of thioether (sulfide) groups is 1. The fourth-order valence-corrected chi connectivity index (χ4v) is 2.47. The number of aromatic nitrogens is 2. The van der Waals surface area contributed by atoms with Gasteiger partial charge in [0.05, 0.1) is 6.61 Å². The average Bonchev–Trinajstić information content (AvgIpc) is 2.81. The number of anilines is 1. The van der Waals surface area contributed by atoms with E-state index in [1.54, 1.807) is 6.07 Å². The molecule has 17 heavy (non-hydrogen) atoms. The van der Waals surface area contributed by atoms with E-state index in [1.165, 1.54) is 11.8 Å². The first-order valence-electron chi connectivity index (χ1n) is 5.62. The van der Waals surface area contributed by atoms with Crippen LogP contribution in [-0.2, 0) is 4.74 Å². The summed E-state index contributed by atoms with van der Waals surface area (Å²) in [5, 5.41) is 4.53. The van der Waals surface area contributed by atoms with E-state index < -0.39 is 0 Å². The summed E-state index contributed by atoms with van der Waals surface area (Å²) < 4.78 is 5.38. The molecule has 1 fully saturated rings. The molecule has 0 spiro atoms. The van der Waals surface area contributed by atoms with Gasteiger partial charge in [0.25, 0.3) is 0 Å². The predicted octanol–water partition coefficient (Wildman–Crippen LogP) is 2.69. The maximum absolute atomic E-state index is 5.94. The summed E-state index contributed by atoms with van der Waals surface area (Å²) in [5.41, 5.74) is 0. The first kappa shape index (κ1) is 12.9. The molecular formula is C11H16ClN3OS. The first-order chi connectivity index (χ1) is 8.19. The third kappa shape index (κ3) is 3.47. The van der Waals surface area contributed by atoms with Crippen LogP contribution >= 0.6 is 23.4 Å². The number of hydrogen-bond acceptors (Lipinski definition) is 5. The molecule has 0 saturated carbocycles. The van der Waals surface area contributed by atoms with Crippen molar-refractivity contribution in [3.8, 4) is 0 Å². The summed E-state index contributed by atoms with van der Waals surface area (Å²) in [7, 11) is 0. The van der Waals surface area contributed by atoms with Crippen LogP contribution in [-0.4, -0.2) is 35.5 Å². The van der Waals surface area contributed by atoms with Crippen molar-refractivity contribution in [2.45, 2.75) is 24.5 Å². The number of ether oxygens (including phenoxy) is 1. The molecule has 4 nitrogen and oxygen atoms in total. The van der Waals surface area contributed by atoms with E-state index in [0.29, 0.717) is 22.3 Å². The molecule has 1 aliphatic rings. The van der Waals surface area contributed by atoms with Gasteiger partial charge in [-0.1, -0.05) is 23.4 Å². The Morgan fingerprint density at radius 1 is 1.59 bits per heavy atom. The molecule has 0 bridgehead atoms. The standard InChI is InChI=1S/C11H16ClN3OS/c1-7(8-3-4-16-6-8)13-10-5-9(12)14-11(15-10)17-2/h5,7-8H,3-4,6H2,1-2H3,(H,13,14,15). The monoisotopic (exact) mass is 273 g/mol. The van der Waals surface area contributed by atoms with E-state index in [-0.39, 0.29) is 0 Å². The van der Waals surface area contributed by atoms with Crippen molar-refractivity contribution in [1.82, 2.24) is 9.97 Å². The van der Waals surface area contributed by atoms with Gasteiger partial charge in [-0.05, 0) is 19.6 Å². The van der Waals surface area contributed by atoms with Crippen molar-refractivity contribution in [3.63, 3.8) is 0 Å². The Morgan fingerprint density at radius 3 is 3.06 bits per heavy atom. The smallest absolute Gasteiger partial charge is 0.190 e. The third-order valence-corrected chi connectivity index (χ3v) is 3.65. The SMILES string of the molecule is CSc1nc(Cl)cc(NC(C)C2CCOC2)n1. The van der Waals surface area contributed by atoms with Crippen LogP contribution in [0.4, 0.5) is 5.82 Å². The molecule has 1 aliphatic heterocycles. The van der Waals surface area contributed by atoms with Crippen molar-refractivity contribution in [1.29, 1.82) is 0 Å². The molecule has 2 heterocycles. The minimum absolute atomic E-state index is 0.332. The van der Waals surface area contributed by atoms with Gasteiger partial charge in [0.15, 0.2) is 5.16 Å². The van der Waals surface area contributed by atoms with Crippen LogP contribution in [0.3, 0.4) is 0 Å². The largest absolute Gasteiger partial charge is 0.381 e. The highest BCUT2D eigenvalue weighted by Crippen LogP contribution is 2.22. The number of rotatable bonds is 4. The Labute approximate surface area is 111 Å². The van der Waals surface area contributed by atoms with Gasteiger partial charge in [0.1, 0.15) is 11.0 Å². The zero-order chi connectivity index (χ0) is 12.3. The van der Waals surface area contributed by atoms with Crippen molar-refractivity contribution >= 4 is 29.2 Å². The quantitative estimate of drug-likeness (QED) is 0.519. The van der Waals surface area contributed by atoms with Crippen molar-refractivity contribution in [3.05, 3.63) is 11.2 Å². The van der Waals surface area contributed by atoms with Crippen LogP contribution in [0.5, 0.6) is 0 Å². The van der Waals surface area contributed by atoms with Gasteiger partial charge in [-0.15, -0.1) is 0 Å². The lowest BCUT2D eigenvalue weighted by Crippen LogP contribution is -2.26. The Kier molecular flexibility index (Phi) is 4.48. The maximum atomic E-state index is 5.94. The van der Waals surface area contributed by atoms with Crippen molar-refractivity contribution in [2.24, 2.45) is 5.92 Å². The van der Waals surface area contributed by atoms with Gasteiger partial charge in [-0.3, -0.25) is 0 Å². The van der Waals surface area contributed by atoms with Crippen LogP contribution in [0, 0.1) is 5.92 Å². The minimum atomic E-state index is 0.332. The second-order valence-electron chi connectivity index (χ2n) is 4.12. The molecule has 1 saturated heterocycles. The summed E-state index contributed by atoms with van der Waals surface area (Å²) in [6.45, 7) is 3.83. The maximum Gasteiger partial charge on any atom is 0.190 e. The molecule has 2 rings (SSSR count). The van der Waals surface area contributed by atoms with E-state index in [0.717, 1.165) is 25.5 Å². The summed E-state index contributed by atoms with van der Waals surface area (Å²) in [4.78, 5) is 8.49. The van der Waals surface area contributed by atoms with Crippen LogP contribution in [0.25, 0.3) is 0 Å². The minimum Gasteiger partial charge on any atom is -0.381 e. The van der Waals surface area contributed by atoms with Crippen molar-refractivity contribution < 1.29 is 4.74 Å². The topological polar surface area (TPSA) is 47.0 Å². The lowest BCUT2D eigenvalue weighted by molar-refractivity contribution is 0.183. The predicted molar refractivity (Wildman–Crippen MR) is 70.8 cm³/mol. The fraction of sp³-hybridized carbons (Fsp3) is 0.636. The number of halogens is 1. The van der Waals surface area contributed by atoms with E-state index in [2.05, 4.69) is 22.2 Å². The van der Waals surface area contributed by atoms with Gasteiger partial charge in [0, 0.05) is 24.6 Å². The summed E-state index contributed by atoms with van der Waals surface area (Å²) in [6.07, 6.45) is 3.03. The molecule has 1 N–H and O–H groups in total. The lowest BCUT2D eigenvalue weighted by atomic mass is 10.0. The summed E-state index contributed by atoms with van der Waals surface area (Å²) in [5.74, 6) is 1.33. The molecule has 1 aromatic heterocycles. The number of nitrogens with zero attached hydrogens (tertiary/aromatic N) is 2. The zero-order valence-corrected chi connectivity index (χ0v) is 11.5. The van der Waals surface area contributed by atoms with Crippen LogP contribution < -0.4 is 5.32 Å². The number of nitrogens with one attached hydrogen (secondary N) is 1. The van der Waals surface area contributed by atoms with E-state index >= 15 is 0 Å². The molecule has 1 aromatic rings. The Balaban J connectivity index is 2.04. The highest BCUT2D eigenvalue weighted by Gasteiger charge is 2.22. The van der Waals surface area contributed by atoms with Gasteiger partial charge in [-0.25, -0.2) is 9.97 Å². The molecule has 0 aromatic carbocycles. The van der Waals surface area contributed by atoms with Crippen LogP contribution in [0.15, 0.2) is 11.2 Å². The van der Waals surface area contributed by atoms with E-state index in [1.807, 2.05) is 6.26 Å². The Bertz CT molecular complexity index is 385. The van der Waals surface area contributed by atoms with E-state index in [4.69, 9.17) is 16.3 Å². The second-order valence-corrected chi connectivity index (χ2v) is 5.28.